The molecule has 308 valence electrons. The van der Waals surface area contributed by atoms with E-state index in [0.29, 0.717) is 28.6 Å². The van der Waals surface area contributed by atoms with Crippen molar-refractivity contribution in [2.75, 3.05) is 19.6 Å². The van der Waals surface area contributed by atoms with Crippen LogP contribution >= 0.6 is 7.37 Å². The molecule has 0 aromatic heterocycles. The van der Waals surface area contributed by atoms with Gasteiger partial charge in [0.25, 0.3) is 0 Å². The zero-order valence-electron chi connectivity index (χ0n) is 34.1. The van der Waals surface area contributed by atoms with Crippen molar-refractivity contribution in [2.45, 2.75) is 124 Å². The fraction of sp³-hybridized carbons (Fsp3) is 0.674. The van der Waals surface area contributed by atoms with Crippen molar-refractivity contribution in [1.29, 1.82) is 0 Å². The van der Waals surface area contributed by atoms with E-state index in [9.17, 15) is 24.1 Å². The highest BCUT2D eigenvalue weighted by Crippen LogP contribution is 2.68. The van der Waals surface area contributed by atoms with Gasteiger partial charge >= 0.3 is 17.9 Å². The van der Waals surface area contributed by atoms with Gasteiger partial charge in [0.1, 0.15) is 6.61 Å². The smallest absolute Gasteiger partial charge is 0.309 e. The first-order valence-electron chi connectivity index (χ1n) is 21.2. The summed E-state index contributed by atoms with van der Waals surface area (Å²) in [5.41, 5.74) is 2.34. The zero-order valence-corrected chi connectivity index (χ0v) is 35.0. The molecule has 11 atom stereocenters. The maximum absolute atomic E-state index is 13.5. The molecule has 0 bridgehead atoms. The molecule has 2 aromatic rings. The molecule has 56 heavy (non-hydrogen) atoms. The Morgan fingerprint density at radius 3 is 2.05 bits per heavy atom. The Kier molecular flexibility index (Phi) is 14.2. The Morgan fingerprint density at radius 1 is 0.768 bits per heavy atom. The molecule has 0 saturated heterocycles. The van der Waals surface area contributed by atoms with Crippen LogP contribution in [0.3, 0.4) is 0 Å². The van der Waals surface area contributed by atoms with Crippen molar-refractivity contribution >= 4 is 25.3 Å². The lowest BCUT2D eigenvalue weighted by Crippen LogP contribution is -2.54. The Bertz CT molecular complexity index is 1670. The summed E-state index contributed by atoms with van der Waals surface area (Å²) in [5, 5.41) is 10.4. The second-order valence-electron chi connectivity index (χ2n) is 18.3. The van der Waals surface area contributed by atoms with Gasteiger partial charge in [-0.2, -0.15) is 0 Å². The van der Waals surface area contributed by atoms with Crippen LogP contribution in [0.1, 0.15) is 115 Å². The number of carbonyl (C=O) groups excluding carboxylic acids is 3. The van der Waals surface area contributed by atoms with E-state index in [2.05, 4.69) is 20.8 Å². The van der Waals surface area contributed by atoms with Crippen LogP contribution in [0, 0.1) is 52.3 Å². The minimum atomic E-state index is -3.24. The van der Waals surface area contributed by atoms with Gasteiger partial charge in [-0.25, -0.2) is 0 Å². The number of esters is 3. The van der Waals surface area contributed by atoms with Crippen LogP contribution in [0.4, 0.5) is 0 Å². The topological polar surface area (TPSA) is 125 Å². The summed E-state index contributed by atoms with van der Waals surface area (Å²) in [7, 11) is -3.24. The summed E-state index contributed by atoms with van der Waals surface area (Å²) in [6.45, 7) is 8.58. The van der Waals surface area contributed by atoms with Crippen LogP contribution in [0.2, 0.25) is 0 Å². The number of aliphatic hydroxyl groups excluding tert-OH is 1. The summed E-state index contributed by atoms with van der Waals surface area (Å²) in [5.74, 6) is 1.49. The standard InChI is InChI=1S/C46H65O9P/c1-32(39-19-20-40-38-18-17-36-27-37(47)23-25-45(36,2)41(38)24-26-46(39,40)3)15-21-42(48)53-31-54-43(49)22-16-35(44(50)52-28-33-11-7-5-8-12-33)30-56(4,51)55-29-34-13-9-6-10-14-34/h5-14,32,35-41,47H,15-31H2,1-4H3/t32-,35?,36-,37-,38?,39?,40?,41?,45+,46-,56?/m1/s1. The van der Waals surface area contributed by atoms with E-state index >= 15 is 0 Å². The molecule has 1 N–H and O–H groups in total. The molecule has 0 aliphatic heterocycles. The molecule has 6 unspecified atom stereocenters. The monoisotopic (exact) mass is 792 g/mol. The summed E-state index contributed by atoms with van der Waals surface area (Å²) >= 11 is 0. The highest BCUT2D eigenvalue weighted by molar-refractivity contribution is 7.58. The Balaban J connectivity index is 0.935. The maximum Gasteiger partial charge on any atom is 0.309 e. The second-order valence-corrected chi connectivity index (χ2v) is 20.9. The largest absolute Gasteiger partial charge is 0.461 e. The summed E-state index contributed by atoms with van der Waals surface area (Å²) < 4.78 is 35.4. The van der Waals surface area contributed by atoms with E-state index in [4.69, 9.17) is 18.7 Å². The van der Waals surface area contributed by atoms with Gasteiger partial charge in [-0.05, 0) is 128 Å². The minimum absolute atomic E-state index is 0.0517. The Hall–Kier alpha value is -3.00. The van der Waals surface area contributed by atoms with Crippen molar-refractivity contribution < 1.29 is 42.8 Å². The van der Waals surface area contributed by atoms with E-state index < -0.39 is 32.0 Å². The highest BCUT2D eigenvalue weighted by atomic mass is 31.2. The summed E-state index contributed by atoms with van der Waals surface area (Å²) in [6.07, 6.45) is 11.4. The third kappa shape index (κ3) is 10.3. The molecular formula is C46H65O9P. The van der Waals surface area contributed by atoms with Crippen LogP contribution in [0.15, 0.2) is 60.7 Å². The average Bonchev–Trinajstić information content (AvgIpc) is 3.55. The van der Waals surface area contributed by atoms with Gasteiger partial charge in [-0.15, -0.1) is 0 Å². The molecule has 2 aromatic carbocycles. The number of hydrogen-bond donors (Lipinski definition) is 1. The van der Waals surface area contributed by atoms with Crippen LogP contribution in [-0.4, -0.2) is 48.7 Å². The molecule has 10 heteroatoms. The third-order valence-corrected chi connectivity index (χ3v) is 16.6. The molecule has 0 radical (unpaired) electrons. The van der Waals surface area contributed by atoms with Gasteiger partial charge in [0, 0.05) is 25.7 Å². The van der Waals surface area contributed by atoms with Gasteiger partial charge in [0.05, 0.1) is 18.6 Å². The molecule has 4 aliphatic rings. The third-order valence-electron chi connectivity index (χ3n) is 14.8. The van der Waals surface area contributed by atoms with Crippen LogP contribution in [-0.2, 0) is 50.9 Å². The number of ether oxygens (including phenoxy) is 3. The van der Waals surface area contributed by atoms with Crippen LogP contribution < -0.4 is 0 Å². The van der Waals surface area contributed by atoms with Gasteiger partial charge < -0.3 is 23.8 Å². The molecule has 4 aliphatic carbocycles. The number of rotatable bonds is 17. The van der Waals surface area contributed by atoms with E-state index in [1.165, 1.54) is 45.2 Å². The van der Waals surface area contributed by atoms with Gasteiger partial charge in [0.15, 0.2) is 0 Å². The summed E-state index contributed by atoms with van der Waals surface area (Å²) in [6, 6.07) is 18.7. The lowest BCUT2D eigenvalue weighted by atomic mass is 9.44. The number of benzene rings is 2. The Morgan fingerprint density at radius 2 is 1.38 bits per heavy atom. The van der Waals surface area contributed by atoms with E-state index in [1.807, 2.05) is 60.7 Å². The van der Waals surface area contributed by atoms with Crippen molar-refractivity contribution in [3.05, 3.63) is 71.8 Å². The minimum Gasteiger partial charge on any atom is -0.461 e. The molecule has 9 nitrogen and oxygen atoms in total. The average molecular weight is 793 g/mol. The molecule has 0 amide bonds. The second kappa shape index (κ2) is 18.7. The van der Waals surface area contributed by atoms with Crippen LogP contribution in [0.5, 0.6) is 0 Å². The van der Waals surface area contributed by atoms with Crippen molar-refractivity contribution in [2.24, 2.45) is 52.3 Å². The highest BCUT2D eigenvalue weighted by Gasteiger charge is 2.60. The van der Waals surface area contributed by atoms with Gasteiger partial charge in [-0.1, -0.05) is 81.4 Å². The van der Waals surface area contributed by atoms with Gasteiger partial charge in [0.2, 0.25) is 14.2 Å². The molecule has 6 rings (SSSR count). The molecule has 0 heterocycles. The number of hydrogen-bond acceptors (Lipinski definition) is 9. The Labute approximate surface area is 334 Å². The SMILES string of the molecule is C[C@H](CCC(=O)OCOC(=O)CCC(CP(C)(=O)OCc1ccccc1)C(=O)OCc1ccccc1)C1CCC2C3CC[C@@H]4C[C@H](O)CC[C@]4(C)C3CC[C@@]21C. The lowest BCUT2D eigenvalue weighted by Gasteiger charge is -2.61. The first-order valence-corrected chi connectivity index (χ1v) is 23.5. The van der Waals surface area contributed by atoms with Gasteiger partial charge in [-0.3, -0.25) is 18.9 Å². The predicted molar refractivity (Wildman–Crippen MR) is 215 cm³/mol. The molecule has 4 saturated carbocycles. The predicted octanol–water partition coefficient (Wildman–Crippen LogP) is 9.73. The quantitative estimate of drug-likeness (QED) is 0.0947. The summed E-state index contributed by atoms with van der Waals surface area (Å²) in [4.78, 5) is 38.8. The normalized spacial score (nSPS) is 31.7. The van der Waals surface area contributed by atoms with Crippen molar-refractivity contribution in [3.63, 3.8) is 0 Å². The van der Waals surface area contributed by atoms with Crippen molar-refractivity contribution in [3.8, 4) is 0 Å². The fourth-order valence-corrected chi connectivity index (χ4v) is 13.4. The molecular weight excluding hydrogens is 727 g/mol. The number of aliphatic hydroxyl groups is 1. The lowest BCUT2D eigenvalue weighted by molar-refractivity contribution is -0.167. The van der Waals surface area contributed by atoms with Crippen LogP contribution in [0.25, 0.3) is 0 Å². The molecule has 0 spiro atoms. The van der Waals surface area contributed by atoms with E-state index in [1.54, 1.807) is 0 Å². The first kappa shape index (κ1) is 42.6. The molecule has 4 fully saturated rings. The van der Waals surface area contributed by atoms with Crippen molar-refractivity contribution in [1.82, 2.24) is 0 Å². The number of carbonyl (C=O) groups is 3. The fourth-order valence-electron chi connectivity index (χ4n) is 11.7. The number of fused-ring (bicyclic) bond motifs is 5. The first-order chi connectivity index (χ1) is 26.8. The van der Waals surface area contributed by atoms with E-state index in [0.717, 1.165) is 54.6 Å². The zero-order chi connectivity index (χ0) is 39.9. The maximum atomic E-state index is 13.5. The van der Waals surface area contributed by atoms with E-state index in [-0.39, 0.29) is 50.7 Å².